The largest absolute Gasteiger partial charge is 0.310 e. The van der Waals surface area contributed by atoms with Gasteiger partial charge in [0.1, 0.15) is 6.67 Å². The minimum absolute atomic E-state index is 0.319. The zero-order chi connectivity index (χ0) is 7.94. The van der Waals surface area contributed by atoms with E-state index in [2.05, 4.69) is 10.3 Å². The van der Waals surface area contributed by atoms with Crippen LogP contribution in [0.5, 0.6) is 0 Å². The lowest BCUT2D eigenvalue weighted by Crippen LogP contribution is -2.15. The van der Waals surface area contributed by atoms with Gasteiger partial charge in [-0.15, -0.1) is 0 Å². The van der Waals surface area contributed by atoms with Crippen molar-refractivity contribution in [3.05, 3.63) is 30.1 Å². The van der Waals surface area contributed by atoms with Crippen molar-refractivity contribution in [2.24, 2.45) is 0 Å². The van der Waals surface area contributed by atoms with Crippen LogP contribution < -0.4 is 5.32 Å². The van der Waals surface area contributed by atoms with Crippen molar-refractivity contribution in [1.82, 2.24) is 10.3 Å². The van der Waals surface area contributed by atoms with E-state index in [-0.39, 0.29) is 6.67 Å². The molecule has 1 aromatic heterocycles. The van der Waals surface area contributed by atoms with Crippen LogP contribution in [0.25, 0.3) is 0 Å². The maximum atomic E-state index is 11.6. The smallest absolute Gasteiger partial charge is 0.102 e. The highest BCUT2D eigenvalue weighted by Crippen LogP contribution is 1.93. The number of aromatic nitrogens is 1. The number of hydrogen-bond donors (Lipinski definition) is 1. The molecule has 0 bridgehead atoms. The molecule has 0 radical (unpaired) electrons. The molecular weight excluding hydrogens is 143 g/mol. The minimum Gasteiger partial charge on any atom is -0.310 e. The van der Waals surface area contributed by atoms with Gasteiger partial charge in [0.15, 0.2) is 0 Å². The Morgan fingerprint density at radius 1 is 1.55 bits per heavy atom. The third-order valence-corrected chi connectivity index (χ3v) is 1.32. The third-order valence-electron chi connectivity index (χ3n) is 1.32. The lowest BCUT2D eigenvalue weighted by molar-refractivity contribution is 0.466. The molecule has 2 nitrogen and oxygen atoms in total. The maximum absolute atomic E-state index is 11.6. The van der Waals surface area contributed by atoms with Crippen molar-refractivity contribution >= 4 is 0 Å². The Labute approximate surface area is 65.5 Å². The average molecular weight is 154 g/mol. The minimum atomic E-state index is -0.319. The predicted molar refractivity (Wildman–Crippen MR) is 41.9 cm³/mol. The molecule has 0 aliphatic rings. The fourth-order valence-electron chi connectivity index (χ4n) is 0.802. The van der Waals surface area contributed by atoms with Crippen molar-refractivity contribution in [3.63, 3.8) is 0 Å². The number of pyridine rings is 1. The second-order valence-electron chi connectivity index (χ2n) is 2.23. The van der Waals surface area contributed by atoms with Crippen LogP contribution in [0, 0.1) is 0 Å². The van der Waals surface area contributed by atoms with E-state index >= 15 is 0 Å². The van der Waals surface area contributed by atoms with Crippen molar-refractivity contribution in [3.8, 4) is 0 Å². The third kappa shape index (κ3) is 3.09. The molecule has 0 saturated carbocycles. The summed E-state index contributed by atoms with van der Waals surface area (Å²) in [5, 5.41) is 2.94. The van der Waals surface area contributed by atoms with Crippen LogP contribution in [0.4, 0.5) is 4.39 Å². The average Bonchev–Trinajstić information content (AvgIpc) is 2.07. The number of hydrogen-bond acceptors (Lipinski definition) is 2. The lowest BCUT2D eigenvalue weighted by atomic mass is 10.3. The number of nitrogens with one attached hydrogen (secondary N) is 1. The van der Waals surface area contributed by atoms with Gasteiger partial charge in [-0.25, -0.2) is 4.39 Å². The van der Waals surface area contributed by atoms with Crippen LogP contribution in [0.2, 0.25) is 0 Å². The van der Waals surface area contributed by atoms with Gasteiger partial charge in [-0.3, -0.25) is 4.98 Å². The summed E-state index contributed by atoms with van der Waals surface area (Å²) in [6.45, 7) is 0.785. The topological polar surface area (TPSA) is 24.9 Å². The molecule has 1 aromatic rings. The molecule has 0 saturated heterocycles. The highest BCUT2D eigenvalue weighted by atomic mass is 19.1. The van der Waals surface area contributed by atoms with Gasteiger partial charge in [-0.2, -0.15) is 0 Å². The Bertz CT molecular complexity index is 189. The standard InChI is InChI=1S/C8H11FN2/c9-3-5-11-7-8-2-1-4-10-6-8/h1-2,4,6,11H,3,5,7H2. The van der Waals surface area contributed by atoms with Gasteiger partial charge < -0.3 is 5.32 Å². The Kier molecular flexibility index (Phi) is 3.55. The Balaban J connectivity index is 2.28. The summed E-state index contributed by atoms with van der Waals surface area (Å²) in [6.07, 6.45) is 3.49. The number of alkyl halides is 1. The van der Waals surface area contributed by atoms with Crippen LogP contribution >= 0.6 is 0 Å². The second-order valence-corrected chi connectivity index (χ2v) is 2.23. The summed E-state index contributed by atoms with van der Waals surface area (Å²) in [4.78, 5) is 3.93. The zero-order valence-corrected chi connectivity index (χ0v) is 6.26. The quantitative estimate of drug-likeness (QED) is 0.658. The zero-order valence-electron chi connectivity index (χ0n) is 6.26. The molecule has 0 unspecified atom stereocenters. The Hall–Kier alpha value is -0.960. The fraction of sp³-hybridized carbons (Fsp3) is 0.375. The molecule has 3 heteroatoms. The van der Waals surface area contributed by atoms with Gasteiger partial charge in [0, 0.05) is 25.5 Å². The van der Waals surface area contributed by atoms with Crippen LogP contribution in [0.3, 0.4) is 0 Å². The van der Waals surface area contributed by atoms with Gasteiger partial charge in [0.05, 0.1) is 0 Å². The van der Waals surface area contributed by atoms with E-state index in [9.17, 15) is 4.39 Å². The fourth-order valence-corrected chi connectivity index (χ4v) is 0.802. The molecule has 0 atom stereocenters. The highest BCUT2D eigenvalue weighted by Gasteiger charge is 1.89. The second kappa shape index (κ2) is 4.79. The molecule has 1 rings (SSSR count). The molecule has 1 N–H and O–H groups in total. The Morgan fingerprint density at radius 2 is 2.45 bits per heavy atom. The number of rotatable bonds is 4. The molecular formula is C8H11FN2. The molecule has 0 spiro atoms. The normalized spacial score (nSPS) is 9.91. The molecule has 60 valence electrons. The Morgan fingerprint density at radius 3 is 3.09 bits per heavy atom. The van der Waals surface area contributed by atoms with Crippen molar-refractivity contribution in [2.45, 2.75) is 6.54 Å². The first-order valence-corrected chi connectivity index (χ1v) is 3.59. The number of nitrogens with zero attached hydrogens (tertiary/aromatic N) is 1. The first-order chi connectivity index (χ1) is 5.43. The monoisotopic (exact) mass is 154 g/mol. The van der Waals surface area contributed by atoms with Crippen molar-refractivity contribution in [1.29, 1.82) is 0 Å². The van der Waals surface area contributed by atoms with Crippen LogP contribution in [-0.2, 0) is 6.54 Å². The summed E-state index contributed by atoms with van der Waals surface area (Å²) in [7, 11) is 0. The summed E-state index contributed by atoms with van der Waals surface area (Å²) in [5.41, 5.74) is 1.08. The number of halogens is 1. The van der Waals surface area contributed by atoms with E-state index in [0.29, 0.717) is 13.1 Å². The van der Waals surface area contributed by atoms with Gasteiger partial charge in [-0.1, -0.05) is 6.07 Å². The lowest BCUT2D eigenvalue weighted by Gasteiger charge is -1.99. The van der Waals surface area contributed by atoms with Crippen molar-refractivity contribution in [2.75, 3.05) is 13.2 Å². The molecule has 0 fully saturated rings. The first-order valence-electron chi connectivity index (χ1n) is 3.59. The predicted octanol–water partition coefficient (Wildman–Crippen LogP) is 1.14. The van der Waals surface area contributed by atoms with Gasteiger partial charge in [-0.05, 0) is 11.6 Å². The van der Waals surface area contributed by atoms with Gasteiger partial charge in [0.25, 0.3) is 0 Å². The summed E-state index contributed by atoms with van der Waals surface area (Å²) in [6, 6.07) is 3.82. The molecule has 0 amide bonds. The van der Waals surface area contributed by atoms with E-state index in [4.69, 9.17) is 0 Å². The van der Waals surface area contributed by atoms with E-state index in [1.54, 1.807) is 12.4 Å². The maximum Gasteiger partial charge on any atom is 0.102 e. The van der Waals surface area contributed by atoms with Crippen LogP contribution in [0.15, 0.2) is 24.5 Å². The molecule has 11 heavy (non-hydrogen) atoms. The summed E-state index contributed by atoms with van der Waals surface area (Å²) in [5.74, 6) is 0. The van der Waals surface area contributed by atoms with Crippen LogP contribution in [0.1, 0.15) is 5.56 Å². The van der Waals surface area contributed by atoms with Crippen LogP contribution in [-0.4, -0.2) is 18.2 Å². The summed E-state index contributed by atoms with van der Waals surface area (Å²) < 4.78 is 11.6. The van der Waals surface area contributed by atoms with E-state index in [1.165, 1.54) is 0 Å². The molecule has 0 aliphatic heterocycles. The first kappa shape index (κ1) is 8.14. The molecule has 1 heterocycles. The SMILES string of the molecule is FCCNCc1cccnc1. The highest BCUT2D eigenvalue weighted by molar-refractivity contribution is 5.07. The van der Waals surface area contributed by atoms with E-state index < -0.39 is 0 Å². The van der Waals surface area contributed by atoms with Crippen molar-refractivity contribution < 1.29 is 4.39 Å². The summed E-state index contributed by atoms with van der Waals surface area (Å²) >= 11 is 0. The van der Waals surface area contributed by atoms with Gasteiger partial charge >= 0.3 is 0 Å². The van der Waals surface area contributed by atoms with Gasteiger partial charge in [0.2, 0.25) is 0 Å². The van der Waals surface area contributed by atoms with E-state index in [0.717, 1.165) is 5.56 Å². The molecule has 0 aromatic carbocycles. The molecule has 0 aliphatic carbocycles. The van der Waals surface area contributed by atoms with E-state index in [1.807, 2.05) is 12.1 Å².